The topological polar surface area (TPSA) is 74.3 Å². The molecule has 3 rings (SSSR count). The number of aromatic nitrogens is 7. The van der Waals surface area contributed by atoms with Crippen LogP contribution in [-0.2, 0) is 6.54 Å². The van der Waals surface area contributed by atoms with Gasteiger partial charge in [-0.25, -0.2) is 24.6 Å². The molecular formula is C21H33N7. The number of hydrogen-bond acceptors (Lipinski definition) is 5. The quantitative estimate of drug-likeness (QED) is 0.362. The van der Waals surface area contributed by atoms with E-state index >= 15 is 0 Å². The van der Waals surface area contributed by atoms with Crippen LogP contribution in [0.15, 0.2) is 25.3 Å². The van der Waals surface area contributed by atoms with Gasteiger partial charge in [-0.1, -0.05) is 77.6 Å². The van der Waals surface area contributed by atoms with Crippen LogP contribution in [0.3, 0.4) is 0 Å². The van der Waals surface area contributed by atoms with E-state index in [4.69, 9.17) is 0 Å². The van der Waals surface area contributed by atoms with Crippen molar-refractivity contribution in [2.45, 2.75) is 90.5 Å². The van der Waals surface area contributed by atoms with Gasteiger partial charge < -0.3 is 4.57 Å². The highest BCUT2D eigenvalue weighted by molar-refractivity contribution is 5.77. The van der Waals surface area contributed by atoms with Gasteiger partial charge in [0.25, 0.3) is 0 Å². The van der Waals surface area contributed by atoms with Crippen molar-refractivity contribution in [3.63, 3.8) is 0 Å². The molecule has 0 atom stereocenters. The number of rotatable bonds is 14. The summed E-state index contributed by atoms with van der Waals surface area (Å²) in [6.07, 6.45) is 22.9. The zero-order valence-corrected chi connectivity index (χ0v) is 17.1. The van der Waals surface area contributed by atoms with E-state index in [0.717, 1.165) is 24.1 Å². The highest BCUT2D eigenvalue weighted by Gasteiger charge is 2.11. The molecular weight excluding hydrogens is 350 g/mol. The Morgan fingerprint density at radius 2 is 1.39 bits per heavy atom. The van der Waals surface area contributed by atoms with Crippen molar-refractivity contribution in [2.75, 3.05) is 0 Å². The van der Waals surface area contributed by atoms with Gasteiger partial charge in [0.2, 0.25) is 0 Å². The van der Waals surface area contributed by atoms with Crippen molar-refractivity contribution >= 4 is 11.2 Å². The molecule has 28 heavy (non-hydrogen) atoms. The minimum atomic E-state index is 0.677. The summed E-state index contributed by atoms with van der Waals surface area (Å²) in [7, 11) is 0. The minimum absolute atomic E-state index is 0.677. The standard InChI is InChI=1S/C21H33N7/c1-2-3-4-5-6-7-8-9-10-11-12-13-14-27-18-25-19-20(27)23-16-24-21(19)28-17-22-15-26-28/h15-18H,2-14H2,1H3. The third-order valence-corrected chi connectivity index (χ3v) is 5.27. The maximum atomic E-state index is 4.50. The lowest BCUT2D eigenvalue weighted by Gasteiger charge is -2.05. The van der Waals surface area contributed by atoms with Gasteiger partial charge in [0.1, 0.15) is 19.0 Å². The molecule has 0 aromatic carbocycles. The van der Waals surface area contributed by atoms with E-state index in [1.165, 1.54) is 77.0 Å². The van der Waals surface area contributed by atoms with Gasteiger partial charge in [-0.15, -0.1) is 0 Å². The first-order chi connectivity index (χ1) is 13.9. The molecule has 0 aliphatic carbocycles. The van der Waals surface area contributed by atoms with Crippen molar-refractivity contribution < 1.29 is 0 Å². The molecule has 0 spiro atoms. The molecule has 0 fully saturated rings. The van der Waals surface area contributed by atoms with E-state index in [1.807, 2.05) is 6.33 Å². The summed E-state index contributed by atoms with van der Waals surface area (Å²) in [6, 6.07) is 0. The van der Waals surface area contributed by atoms with Gasteiger partial charge in [0, 0.05) is 6.54 Å². The van der Waals surface area contributed by atoms with Crippen LogP contribution in [0.25, 0.3) is 17.0 Å². The van der Waals surface area contributed by atoms with E-state index in [0.29, 0.717) is 5.82 Å². The molecule has 0 radical (unpaired) electrons. The zero-order valence-electron chi connectivity index (χ0n) is 17.1. The monoisotopic (exact) mass is 383 g/mol. The van der Waals surface area contributed by atoms with Crippen LogP contribution in [0.1, 0.15) is 84.0 Å². The molecule has 7 heteroatoms. The van der Waals surface area contributed by atoms with Gasteiger partial charge >= 0.3 is 0 Å². The highest BCUT2D eigenvalue weighted by Crippen LogP contribution is 2.17. The van der Waals surface area contributed by atoms with Gasteiger partial charge in [-0.05, 0) is 6.42 Å². The van der Waals surface area contributed by atoms with E-state index in [1.54, 1.807) is 17.3 Å². The molecule has 0 bridgehead atoms. The van der Waals surface area contributed by atoms with Gasteiger partial charge in [0.05, 0.1) is 6.33 Å². The number of hydrogen-bond donors (Lipinski definition) is 0. The number of aryl methyl sites for hydroxylation is 1. The maximum Gasteiger partial charge on any atom is 0.186 e. The average Bonchev–Trinajstić information content (AvgIpc) is 3.39. The Morgan fingerprint density at radius 1 is 0.714 bits per heavy atom. The van der Waals surface area contributed by atoms with Crippen LogP contribution in [0.2, 0.25) is 0 Å². The third kappa shape index (κ3) is 5.84. The third-order valence-electron chi connectivity index (χ3n) is 5.27. The Hall–Kier alpha value is -2.31. The van der Waals surface area contributed by atoms with Gasteiger partial charge in [-0.3, -0.25) is 0 Å². The molecule has 3 heterocycles. The summed E-state index contributed by atoms with van der Waals surface area (Å²) < 4.78 is 3.75. The van der Waals surface area contributed by atoms with Crippen molar-refractivity contribution in [1.29, 1.82) is 0 Å². The van der Waals surface area contributed by atoms with Crippen LogP contribution >= 0.6 is 0 Å². The number of unbranched alkanes of at least 4 members (excludes halogenated alkanes) is 11. The lowest BCUT2D eigenvalue weighted by Crippen LogP contribution is -2.02. The fourth-order valence-electron chi connectivity index (χ4n) is 3.64. The van der Waals surface area contributed by atoms with Crippen molar-refractivity contribution in [1.82, 2.24) is 34.3 Å². The predicted octanol–water partition coefficient (Wildman–Crippen LogP) is 5.11. The summed E-state index contributed by atoms with van der Waals surface area (Å²) >= 11 is 0. The van der Waals surface area contributed by atoms with Crippen LogP contribution in [0.4, 0.5) is 0 Å². The SMILES string of the molecule is CCCCCCCCCCCCCCn1cnc2c(-n3cncn3)ncnc21. The van der Waals surface area contributed by atoms with Crippen LogP contribution < -0.4 is 0 Å². The highest BCUT2D eigenvalue weighted by atomic mass is 15.4. The Morgan fingerprint density at radius 3 is 2.04 bits per heavy atom. The second kappa shape index (κ2) is 11.5. The lowest BCUT2D eigenvalue weighted by atomic mass is 10.1. The molecule has 3 aromatic heterocycles. The first kappa shape index (κ1) is 20.4. The molecule has 0 saturated heterocycles. The van der Waals surface area contributed by atoms with Crippen LogP contribution in [-0.4, -0.2) is 34.3 Å². The summed E-state index contributed by atoms with van der Waals surface area (Å²) in [5.41, 5.74) is 1.63. The molecule has 0 unspecified atom stereocenters. The second-order valence-corrected chi connectivity index (χ2v) is 7.54. The van der Waals surface area contributed by atoms with E-state index < -0.39 is 0 Å². The summed E-state index contributed by atoms with van der Waals surface area (Å²) in [5.74, 6) is 0.677. The average molecular weight is 384 g/mol. The molecule has 0 aliphatic rings. The van der Waals surface area contributed by atoms with Crippen molar-refractivity contribution in [3.8, 4) is 5.82 Å². The first-order valence-corrected chi connectivity index (χ1v) is 10.9. The molecule has 7 nitrogen and oxygen atoms in total. The summed E-state index contributed by atoms with van der Waals surface area (Å²) in [6.45, 7) is 3.22. The minimum Gasteiger partial charge on any atom is -0.315 e. The van der Waals surface area contributed by atoms with Gasteiger partial charge in [0.15, 0.2) is 17.0 Å². The maximum absolute atomic E-state index is 4.50. The Balaban J connectivity index is 1.33. The molecule has 0 amide bonds. The summed E-state index contributed by atoms with van der Waals surface area (Å²) in [4.78, 5) is 17.2. The Labute approximate surface area is 167 Å². The predicted molar refractivity (Wildman–Crippen MR) is 111 cm³/mol. The summed E-state index contributed by atoms with van der Waals surface area (Å²) in [5, 5.41) is 4.15. The van der Waals surface area contributed by atoms with E-state index in [2.05, 4.69) is 36.5 Å². The molecule has 152 valence electrons. The van der Waals surface area contributed by atoms with E-state index in [-0.39, 0.29) is 0 Å². The van der Waals surface area contributed by atoms with E-state index in [9.17, 15) is 0 Å². The molecule has 0 saturated carbocycles. The lowest BCUT2D eigenvalue weighted by molar-refractivity contribution is 0.530. The second-order valence-electron chi connectivity index (χ2n) is 7.54. The van der Waals surface area contributed by atoms with Crippen LogP contribution in [0, 0.1) is 0 Å². The Kier molecular flexibility index (Phi) is 8.40. The molecule has 0 aliphatic heterocycles. The normalized spacial score (nSPS) is 11.5. The number of nitrogens with zero attached hydrogens (tertiary/aromatic N) is 7. The van der Waals surface area contributed by atoms with Gasteiger partial charge in [-0.2, -0.15) is 5.10 Å². The first-order valence-electron chi connectivity index (χ1n) is 10.9. The zero-order chi connectivity index (χ0) is 19.4. The number of fused-ring (bicyclic) bond motifs is 1. The van der Waals surface area contributed by atoms with Crippen molar-refractivity contribution in [3.05, 3.63) is 25.3 Å². The molecule has 0 N–H and O–H groups in total. The van der Waals surface area contributed by atoms with Crippen LogP contribution in [0.5, 0.6) is 0 Å². The fraction of sp³-hybridized carbons (Fsp3) is 0.667. The molecule has 3 aromatic rings. The number of imidazole rings is 1. The largest absolute Gasteiger partial charge is 0.315 e. The Bertz CT molecular complexity index is 794. The fourth-order valence-corrected chi connectivity index (χ4v) is 3.64. The van der Waals surface area contributed by atoms with Crippen molar-refractivity contribution in [2.24, 2.45) is 0 Å². The smallest absolute Gasteiger partial charge is 0.186 e.